The maximum absolute atomic E-state index is 12.7. The van der Waals surface area contributed by atoms with E-state index in [0.29, 0.717) is 12.8 Å². The average Bonchev–Trinajstić information content (AvgIpc) is 3.29. The zero-order valence-corrected chi connectivity index (χ0v) is 43.8. The summed E-state index contributed by atoms with van der Waals surface area (Å²) in [6, 6.07) is 0. The first kappa shape index (κ1) is 62.8. The third kappa shape index (κ3) is 47.3. The summed E-state index contributed by atoms with van der Waals surface area (Å²) in [5, 5.41) is 13.3. The largest absolute Gasteiger partial charge is 0.396 e. The number of unbranched alkanes of at least 4 members (excludes halogenated alkanes) is 33. The molecular weight excluding hydrogens is 795 g/mol. The summed E-state index contributed by atoms with van der Waals surface area (Å²) in [6.45, 7) is 16.3. The van der Waals surface area contributed by atoms with E-state index in [0.717, 1.165) is 110 Å². The minimum absolute atomic E-state index is 0.0355. The Hall–Kier alpha value is -1.22. The molecule has 0 unspecified atom stereocenters. The van der Waals surface area contributed by atoms with Crippen molar-refractivity contribution in [3.8, 4) is 0 Å². The lowest BCUT2D eigenvalue weighted by molar-refractivity contribution is -0.192. The Morgan fingerprint density at radius 2 is 0.516 bits per heavy atom. The fourth-order valence-corrected chi connectivity index (χ4v) is 8.82. The van der Waals surface area contributed by atoms with Crippen LogP contribution in [0, 0.1) is 0 Å². The minimum Gasteiger partial charge on any atom is -0.396 e. The van der Waals surface area contributed by atoms with Crippen molar-refractivity contribution >= 4 is 11.9 Å². The van der Waals surface area contributed by atoms with Crippen molar-refractivity contribution in [1.82, 2.24) is 15.0 Å². The molecule has 382 valence electrons. The molecule has 8 heteroatoms. The van der Waals surface area contributed by atoms with Gasteiger partial charge in [-0.05, 0) is 83.8 Å². The van der Waals surface area contributed by atoms with Gasteiger partial charge in [-0.3, -0.25) is 9.59 Å². The molecule has 0 aliphatic carbocycles. The number of hydrogen-bond donors (Lipinski definition) is 1. The third-order valence-corrected chi connectivity index (χ3v) is 13.1. The lowest BCUT2D eigenvalue weighted by atomic mass is 10.1. The Labute approximate surface area is 399 Å². The molecular formula is C56H113N3O5. The summed E-state index contributed by atoms with van der Waals surface area (Å²) in [5.41, 5.74) is 0. The van der Waals surface area contributed by atoms with Crippen molar-refractivity contribution in [1.29, 1.82) is 0 Å². The van der Waals surface area contributed by atoms with E-state index < -0.39 is 0 Å². The zero-order valence-electron chi connectivity index (χ0n) is 43.8. The number of carbonyl (C=O) groups is 2. The molecule has 1 N–H and O–H groups in total. The normalized spacial score (nSPS) is 11.8. The molecule has 0 aliphatic heterocycles. The molecule has 0 aromatic carbocycles. The number of hydroxylamine groups is 4. The minimum atomic E-state index is -0.0355. The molecule has 0 radical (unpaired) electrons. The van der Waals surface area contributed by atoms with Crippen molar-refractivity contribution in [2.45, 2.75) is 297 Å². The number of nitrogens with zero attached hydrogens (tertiary/aromatic N) is 3. The van der Waals surface area contributed by atoms with E-state index in [2.05, 4.69) is 32.6 Å². The summed E-state index contributed by atoms with van der Waals surface area (Å²) < 4.78 is 0. The van der Waals surface area contributed by atoms with Crippen molar-refractivity contribution in [2.24, 2.45) is 0 Å². The SMILES string of the molecule is CCCCCCCCN(CCCCCCCC)OC(=O)CCCCCCCCCN(CCCCO)CCCCCCCCCC(=O)ON(CCCCCCCC)CCCCCCCC. The molecule has 0 atom stereocenters. The quantitative estimate of drug-likeness (QED) is 0.0477. The highest BCUT2D eigenvalue weighted by molar-refractivity contribution is 5.69. The van der Waals surface area contributed by atoms with Crippen LogP contribution in [0.15, 0.2) is 0 Å². The van der Waals surface area contributed by atoms with Gasteiger partial charge < -0.3 is 19.7 Å². The Kier molecular flexibility index (Phi) is 51.7. The number of aliphatic hydroxyl groups is 1. The van der Waals surface area contributed by atoms with Crippen LogP contribution < -0.4 is 0 Å². The number of aliphatic hydroxyl groups excluding tert-OH is 1. The van der Waals surface area contributed by atoms with Gasteiger partial charge in [0.15, 0.2) is 0 Å². The second-order valence-corrected chi connectivity index (χ2v) is 19.6. The summed E-state index contributed by atoms with van der Waals surface area (Å²) in [4.78, 5) is 39.9. The van der Waals surface area contributed by atoms with Crippen molar-refractivity contribution < 1.29 is 24.4 Å². The first-order chi connectivity index (χ1) is 31.5. The van der Waals surface area contributed by atoms with Gasteiger partial charge in [0.2, 0.25) is 0 Å². The van der Waals surface area contributed by atoms with E-state index in [1.807, 2.05) is 10.1 Å². The first-order valence-electron chi connectivity index (χ1n) is 28.7. The molecule has 0 bridgehead atoms. The average molecular weight is 909 g/mol. The van der Waals surface area contributed by atoms with Gasteiger partial charge in [-0.2, -0.15) is 0 Å². The Morgan fingerprint density at radius 1 is 0.297 bits per heavy atom. The topological polar surface area (TPSA) is 82.6 Å². The molecule has 8 nitrogen and oxygen atoms in total. The summed E-state index contributed by atoms with van der Waals surface area (Å²) in [6.07, 6.45) is 49.9. The lowest BCUT2D eigenvalue weighted by Gasteiger charge is -2.22. The molecule has 0 fully saturated rings. The van der Waals surface area contributed by atoms with E-state index in [4.69, 9.17) is 9.68 Å². The van der Waals surface area contributed by atoms with Crippen molar-refractivity contribution in [3.63, 3.8) is 0 Å². The van der Waals surface area contributed by atoms with E-state index in [1.165, 1.54) is 193 Å². The second kappa shape index (κ2) is 52.7. The molecule has 0 saturated heterocycles. The Morgan fingerprint density at radius 3 is 0.781 bits per heavy atom. The van der Waals surface area contributed by atoms with Crippen LogP contribution in [0.5, 0.6) is 0 Å². The van der Waals surface area contributed by atoms with Crippen LogP contribution in [0.25, 0.3) is 0 Å². The van der Waals surface area contributed by atoms with Gasteiger partial charge in [-0.1, -0.05) is 220 Å². The number of rotatable bonds is 54. The van der Waals surface area contributed by atoms with Gasteiger partial charge in [0, 0.05) is 45.6 Å². The van der Waals surface area contributed by atoms with E-state index in [9.17, 15) is 14.7 Å². The standard InChI is InChI=1S/C56H113N3O5/c1-5-9-13-17-31-39-50-58(51-40-32-18-14-10-6-2)63-55(61)45-35-27-23-21-25-29-37-47-57(49-43-44-54-60)48-38-30-26-22-24-28-36-46-56(62)64-59(52-41-33-19-15-11-7-3)53-42-34-20-16-12-8-4/h60H,5-54H2,1-4H3. The highest BCUT2D eigenvalue weighted by atomic mass is 16.7. The van der Waals surface area contributed by atoms with E-state index >= 15 is 0 Å². The zero-order chi connectivity index (χ0) is 46.7. The second-order valence-electron chi connectivity index (χ2n) is 19.6. The first-order valence-corrected chi connectivity index (χ1v) is 28.7. The number of carbonyl (C=O) groups excluding carboxylic acids is 2. The molecule has 0 aromatic rings. The molecule has 0 heterocycles. The summed E-state index contributed by atoms with van der Waals surface area (Å²) in [5.74, 6) is -0.0710. The third-order valence-electron chi connectivity index (χ3n) is 13.1. The van der Waals surface area contributed by atoms with E-state index in [-0.39, 0.29) is 18.5 Å². The molecule has 0 saturated carbocycles. The van der Waals surface area contributed by atoms with Crippen LogP contribution in [-0.2, 0) is 19.3 Å². The van der Waals surface area contributed by atoms with Crippen LogP contribution in [0.2, 0.25) is 0 Å². The van der Waals surface area contributed by atoms with Crippen LogP contribution in [0.3, 0.4) is 0 Å². The van der Waals surface area contributed by atoms with Gasteiger partial charge >= 0.3 is 11.9 Å². The van der Waals surface area contributed by atoms with Crippen molar-refractivity contribution in [2.75, 3.05) is 52.4 Å². The predicted molar refractivity (Wildman–Crippen MR) is 275 cm³/mol. The monoisotopic (exact) mass is 908 g/mol. The highest BCUT2D eigenvalue weighted by Gasteiger charge is 2.14. The summed E-state index contributed by atoms with van der Waals surface area (Å²) in [7, 11) is 0. The molecule has 64 heavy (non-hydrogen) atoms. The van der Waals surface area contributed by atoms with Crippen LogP contribution in [-0.4, -0.2) is 84.5 Å². The Bertz CT molecular complexity index is 838. The van der Waals surface area contributed by atoms with Crippen LogP contribution in [0.1, 0.15) is 297 Å². The number of hydrogen-bond acceptors (Lipinski definition) is 8. The maximum Gasteiger partial charge on any atom is 0.325 e. The molecule has 0 amide bonds. The van der Waals surface area contributed by atoms with Gasteiger partial charge in [0.05, 0.1) is 0 Å². The fraction of sp³-hybridized carbons (Fsp3) is 0.964. The van der Waals surface area contributed by atoms with Gasteiger partial charge in [-0.15, -0.1) is 10.1 Å². The molecule has 0 aliphatic rings. The van der Waals surface area contributed by atoms with E-state index in [1.54, 1.807) is 0 Å². The van der Waals surface area contributed by atoms with Gasteiger partial charge in [0.25, 0.3) is 0 Å². The highest BCUT2D eigenvalue weighted by Crippen LogP contribution is 2.16. The Balaban J connectivity index is 4.21. The van der Waals surface area contributed by atoms with Gasteiger partial charge in [-0.25, -0.2) is 0 Å². The summed E-state index contributed by atoms with van der Waals surface area (Å²) >= 11 is 0. The molecule has 0 spiro atoms. The predicted octanol–water partition coefficient (Wildman–Crippen LogP) is 16.3. The lowest BCUT2D eigenvalue weighted by Crippen LogP contribution is -2.29. The molecule has 0 aromatic heterocycles. The van der Waals surface area contributed by atoms with Crippen LogP contribution >= 0.6 is 0 Å². The molecule has 0 rings (SSSR count). The smallest absolute Gasteiger partial charge is 0.325 e. The van der Waals surface area contributed by atoms with Crippen molar-refractivity contribution in [3.05, 3.63) is 0 Å². The fourth-order valence-electron chi connectivity index (χ4n) is 8.82. The van der Waals surface area contributed by atoms with Crippen LogP contribution in [0.4, 0.5) is 0 Å². The van der Waals surface area contributed by atoms with Gasteiger partial charge in [0.1, 0.15) is 0 Å². The maximum atomic E-state index is 12.7.